The summed E-state index contributed by atoms with van der Waals surface area (Å²) in [5.74, 6) is 1.13. The predicted molar refractivity (Wildman–Crippen MR) is 89.6 cm³/mol. The van der Waals surface area contributed by atoms with E-state index in [4.69, 9.17) is 9.47 Å². The number of nitrogens with zero attached hydrogens (tertiary/aromatic N) is 1. The second-order valence-electron chi connectivity index (χ2n) is 7.23. The Morgan fingerprint density at radius 1 is 1.42 bits per heavy atom. The molecule has 3 aliphatic rings. The van der Waals surface area contributed by atoms with E-state index in [-0.39, 0.29) is 11.8 Å². The first kappa shape index (κ1) is 15.7. The normalized spacial score (nSPS) is 37.5. The molecule has 1 aromatic rings. The fourth-order valence-electron chi connectivity index (χ4n) is 4.85. The van der Waals surface area contributed by atoms with Crippen molar-refractivity contribution in [2.45, 2.75) is 43.4 Å². The van der Waals surface area contributed by atoms with Crippen LogP contribution >= 0.6 is 0 Å². The highest BCUT2D eigenvalue weighted by atomic mass is 16.5. The number of rotatable bonds is 1. The molecule has 1 spiro atoms. The average molecular weight is 329 g/mol. The zero-order chi connectivity index (χ0) is 17.3. The quantitative estimate of drug-likeness (QED) is 0.848. The number of aliphatic hydroxyl groups is 1. The number of hydrogen-bond acceptors (Lipinski definition) is 5. The van der Waals surface area contributed by atoms with Gasteiger partial charge < -0.3 is 19.5 Å². The lowest BCUT2D eigenvalue weighted by atomic mass is 9.55. The van der Waals surface area contributed by atoms with Crippen LogP contribution in [0.2, 0.25) is 0 Å². The van der Waals surface area contributed by atoms with E-state index in [1.54, 1.807) is 13.2 Å². The average Bonchev–Trinajstić information content (AvgIpc) is 2.93. The molecule has 0 bridgehead atoms. The van der Waals surface area contributed by atoms with Gasteiger partial charge in [-0.2, -0.15) is 0 Å². The Labute approximate surface area is 141 Å². The summed E-state index contributed by atoms with van der Waals surface area (Å²) in [6.07, 6.45) is 3.12. The van der Waals surface area contributed by atoms with E-state index in [1.165, 1.54) is 6.08 Å². The predicted octanol–water partition coefficient (Wildman–Crippen LogP) is 1.60. The number of methoxy groups -OCH3 is 1. The minimum Gasteiger partial charge on any atom is -0.493 e. The van der Waals surface area contributed by atoms with Gasteiger partial charge >= 0.3 is 0 Å². The van der Waals surface area contributed by atoms with Gasteiger partial charge in [0.15, 0.2) is 23.4 Å². The molecule has 1 aromatic carbocycles. The SMILES string of the molecule is COc1ccc(C)c2c1O[C@H]1C(=O)C=C[C@@]3(O)C(C)N(C)CC[C@]213. The molecule has 2 aliphatic heterocycles. The number of ketones is 1. The smallest absolute Gasteiger partial charge is 0.196 e. The largest absolute Gasteiger partial charge is 0.493 e. The van der Waals surface area contributed by atoms with Crippen molar-refractivity contribution in [2.24, 2.45) is 0 Å². The van der Waals surface area contributed by atoms with Gasteiger partial charge in [-0.3, -0.25) is 4.79 Å². The minimum atomic E-state index is -1.17. The molecule has 1 saturated heterocycles. The first-order valence-corrected chi connectivity index (χ1v) is 8.37. The number of likely N-dealkylation sites (N-methyl/N-ethyl adjacent to an activating group) is 1. The van der Waals surface area contributed by atoms with E-state index in [2.05, 4.69) is 4.90 Å². The fourth-order valence-corrected chi connectivity index (χ4v) is 4.85. The highest BCUT2D eigenvalue weighted by molar-refractivity contribution is 5.98. The second kappa shape index (κ2) is 4.83. The Morgan fingerprint density at radius 2 is 2.17 bits per heavy atom. The van der Waals surface area contributed by atoms with Crippen LogP contribution in [0.25, 0.3) is 0 Å². The Kier molecular flexibility index (Phi) is 3.15. The summed E-state index contributed by atoms with van der Waals surface area (Å²) in [5, 5.41) is 11.7. The second-order valence-corrected chi connectivity index (χ2v) is 7.23. The molecular formula is C19H23NO4. The van der Waals surface area contributed by atoms with E-state index in [9.17, 15) is 9.90 Å². The van der Waals surface area contributed by atoms with E-state index < -0.39 is 17.1 Å². The third kappa shape index (κ3) is 1.59. The number of fused-ring (bicyclic) bond motifs is 1. The van der Waals surface area contributed by atoms with Crippen molar-refractivity contribution in [1.82, 2.24) is 4.90 Å². The monoisotopic (exact) mass is 329 g/mol. The van der Waals surface area contributed by atoms with Crippen LogP contribution in [-0.2, 0) is 10.2 Å². The lowest BCUT2D eigenvalue weighted by molar-refractivity contribution is -0.146. The van der Waals surface area contributed by atoms with E-state index >= 15 is 0 Å². The van der Waals surface area contributed by atoms with Gasteiger partial charge in [-0.25, -0.2) is 0 Å². The van der Waals surface area contributed by atoms with Crippen LogP contribution in [0.15, 0.2) is 24.3 Å². The van der Waals surface area contributed by atoms with Crippen LogP contribution in [0.5, 0.6) is 11.5 Å². The summed E-state index contributed by atoms with van der Waals surface area (Å²) in [6.45, 7) is 4.80. The topological polar surface area (TPSA) is 59.0 Å². The Bertz CT molecular complexity index is 758. The van der Waals surface area contributed by atoms with Crippen LogP contribution in [0.3, 0.4) is 0 Å². The standard InChI is InChI=1S/C19H23NO4/c1-11-5-6-14(23-4)16-15(11)18-9-10-20(3)12(2)19(18,22)8-7-13(21)17(18)24-16/h5-8,12,17,22H,9-10H2,1-4H3/t12?,17-,18-,19+/m0/s1. The fraction of sp³-hybridized carbons (Fsp3) is 0.526. The third-order valence-electron chi connectivity index (χ3n) is 6.31. The van der Waals surface area contributed by atoms with Crippen LogP contribution < -0.4 is 9.47 Å². The van der Waals surface area contributed by atoms with Crippen molar-refractivity contribution in [3.05, 3.63) is 35.4 Å². The summed E-state index contributed by atoms with van der Waals surface area (Å²) < 4.78 is 11.6. The molecule has 4 rings (SSSR count). The summed E-state index contributed by atoms with van der Waals surface area (Å²) >= 11 is 0. The molecule has 1 fully saturated rings. The molecule has 0 radical (unpaired) electrons. The zero-order valence-electron chi connectivity index (χ0n) is 14.5. The van der Waals surface area contributed by atoms with Crippen LogP contribution in [0, 0.1) is 6.92 Å². The molecule has 24 heavy (non-hydrogen) atoms. The molecule has 1 aliphatic carbocycles. The summed E-state index contributed by atoms with van der Waals surface area (Å²) in [7, 11) is 3.60. The number of carbonyl (C=O) groups excluding carboxylic acids is 1. The van der Waals surface area contributed by atoms with Crippen LogP contribution in [0.4, 0.5) is 0 Å². The lowest BCUT2D eigenvalue weighted by Gasteiger charge is -2.56. The molecular weight excluding hydrogens is 306 g/mol. The van der Waals surface area contributed by atoms with E-state index in [0.29, 0.717) is 17.9 Å². The van der Waals surface area contributed by atoms with Gasteiger partial charge in [0.2, 0.25) is 0 Å². The Balaban J connectivity index is 2.05. The number of benzene rings is 1. The van der Waals surface area contributed by atoms with Gasteiger partial charge in [0.25, 0.3) is 0 Å². The zero-order valence-corrected chi connectivity index (χ0v) is 14.5. The maximum absolute atomic E-state index is 12.7. The summed E-state index contributed by atoms with van der Waals surface area (Å²) in [6, 6.07) is 3.71. The maximum atomic E-state index is 12.7. The lowest BCUT2D eigenvalue weighted by Crippen LogP contribution is -2.71. The number of carbonyl (C=O) groups is 1. The number of aryl methyl sites for hydroxylation is 1. The van der Waals surface area contributed by atoms with Crippen molar-refractivity contribution in [2.75, 3.05) is 20.7 Å². The van der Waals surface area contributed by atoms with Gasteiger partial charge in [-0.15, -0.1) is 0 Å². The van der Waals surface area contributed by atoms with Crippen molar-refractivity contribution in [1.29, 1.82) is 0 Å². The number of ether oxygens (including phenoxy) is 2. The first-order chi connectivity index (χ1) is 11.4. The van der Waals surface area contributed by atoms with Crippen molar-refractivity contribution >= 4 is 5.78 Å². The van der Waals surface area contributed by atoms with Crippen molar-refractivity contribution < 1.29 is 19.4 Å². The highest BCUT2D eigenvalue weighted by Gasteiger charge is 2.68. The van der Waals surface area contributed by atoms with Crippen LogP contribution in [0.1, 0.15) is 24.5 Å². The van der Waals surface area contributed by atoms with Crippen molar-refractivity contribution in [3.8, 4) is 11.5 Å². The number of likely N-dealkylation sites (tertiary alicyclic amines) is 1. The minimum absolute atomic E-state index is 0.0888. The number of hydrogen-bond donors (Lipinski definition) is 1. The molecule has 1 unspecified atom stereocenters. The van der Waals surface area contributed by atoms with Gasteiger partial charge in [0.1, 0.15) is 5.60 Å². The summed E-state index contributed by atoms with van der Waals surface area (Å²) in [4.78, 5) is 14.8. The van der Waals surface area contributed by atoms with Gasteiger partial charge in [0, 0.05) is 11.6 Å². The molecule has 0 amide bonds. The molecule has 0 saturated carbocycles. The molecule has 128 valence electrons. The van der Waals surface area contributed by atoms with Gasteiger partial charge in [-0.1, -0.05) is 6.07 Å². The Hall–Kier alpha value is -1.85. The van der Waals surface area contributed by atoms with Gasteiger partial charge in [-0.05, 0) is 57.6 Å². The molecule has 2 heterocycles. The van der Waals surface area contributed by atoms with E-state index in [1.807, 2.05) is 33.0 Å². The molecule has 1 N–H and O–H groups in total. The molecule has 5 nitrogen and oxygen atoms in total. The van der Waals surface area contributed by atoms with E-state index in [0.717, 1.165) is 17.7 Å². The summed E-state index contributed by atoms with van der Waals surface area (Å²) in [5.41, 5.74) is 0.0122. The van der Waals surface area contributed by atoms with Crippen LogP contribution in [-0.4, -0.2) is 54.2 Å². The maximum Gasteiger partial charge on any atom is 0.196 e. The Morgan fingerprint density at radius 3 is 2.88 bits per heavy atom. The molecule has 0 aromatic heterocycles. The number of piperidine rings is 1. The molecule has 4 atom stereocenters. The van der Waals surface area contributed by atoms with Crippen molar-refractivity contribution in [3.63, 3.8) is 0 Å². The highest BCUT2D eigenvalue weighted by Crippen LogP contribution is 2.60. The third-order valence-corrected chi connectivity index (χ3v) is 6.31. The van der Waals surface area contributed by atoms with Gasteiger partial charge in [0.05, 0.1) is 12.5 Å². The molecule has 5 heteroatoms. The first-order valence-electron chi connectivity index (χ1n) is 8.37.